The Morgan fingerprint density at radius 2 is 1.38 bits per heavy atom. The summed E-state index contributed by atoms with van der Waals surface area (Å²) in [7, 11) is 0. The van der Waals surface area contributed by atoms with Gasteiger partial charge in [0.1, 0.15) is 6.61 Å². The molecule has 42 heavy (non-hydrogen) atoms. The third-order valence-corrected chi connectivity index (χ3v) is 7.99. The smallest absolute Gasteiger partial charge is 0.410 e. The summed E-state index contributed by atoms with van der Waals surface area (Å²) in [6, 6.07) is 28.6. The Hall–Kier alpha value is -3.68. The third kappa shape index (κ3) is 9.16. The normalized spacial score (nSPS) is 21.8. The maximum atomic E-state index is 13.0. The van der Waals surface area contributed by atoms with Crippen molar-refractivity contribution in [3.05, 3.63) is 108 Å². The molecule has 1 fully saturated rings. The van der Waals surface area contributed by atoms with Crippen LogP contribution in [-0.4, -0.2) is 48.6 Å². The van der Waals surface area contributed by atoms with Gasteiger partial charge in [0.05, 0.1) is 11.7 Å². The predicted molar refractivity (Wildman–Crippen MR) is 162 cm³/mol. The number of benzene rings is 3. The SMILES string of the molecule is CC1O[C@@H](OCCCCCN(Cc2ccccc2)C(=O)OCc2ccccc2)C(OC(=O)c2ccccc2)[C@@H](C)[C@H]1C. The largest absolute Gasteiger partial charge is 0.453 e. The van der Waals surface area contributed by atoms with Crippen LogP contribution in [0.4, 0.5) is 4.79 Å². The molecule has 0 saturated carbocycles. The number of carbonyl (C=O) groups is 2. The van der Waals surface area contributed by atoms with Crippen molar-refractivity contribution in [1.82, 2.24) is 4.90 Å². The summed E-state index contributed by atoms with van der Waals surface area (Å²) in [5.41, 5.74) is 2.52. The van der Waals surface area contributed by atoms with E-state index < -0.39 is 12.4 Å². The van der Waals surface area contributed by atoms with E-state index in [9.17, 15) is 9.59 Å². The molecule has 4 rings (SSSR count). The van der Waals surface area contributed by atoms with Crippen molar-refractivity contribution in [1.29, 1.82) is 0 Å². The van der Waals surface area contributed by atoms with Crippen molar-refractivity contribution < 1.29 is 28.5 Å². The molecule has 2 unspecified atom stereocenters. The molecule has 1 saturated heterocycles. The van der Waals surface area contributed by atoms with Crippen LogP contribution < -0.4 is 0 Å². The average molecular weight is 574 g/mol. The Morgan fingerprint density at radius 1 is 0.762 bits per heavy atom. The van der Waals surface area contributed by atoms with Crippen LogP contribution in [0.1, 0.15) is 61.5 Å². The molecule has 0 bridgehead atoms. The number of unbranched alkanes of at least 4 members (excludes halogenated alkanes) is 2. The first kappa shape index (κ1) is 31.3. The van der Waals surface area contributed by atoms with Crippen molar-refractivity contribution in [2.75, 3.05) is 13.2 Å². The molecule has 1 heterocycles. The highest BCUT2D eigenvalue weighted by Gasteiger charge is 2.42. The van der Waals surface area contributed by atoms with E-state index in [1.54, 1.807) is 17.0 Å². The van der Waals surface area contributed by atoms with Crippen LogP contribution in [0.2, 0.25) is 0 Å². The molecule has 224 valence electrons. The quantitative estimate of drug-likeness (QED) is 0.158. The lowest BCUT2D eigenvalue weighted by atomic mass is 9.84. The summed E-state index contributed by atoms with van der Waals surface area (Å²) < 4.78 is 23.9. The van der Waals surface area contributed by atoms with E-state index in [2.05, 4.69) is 13.8 Å². The number of amides is 1. The van der Waals surface area contributed by atoms with E-state index in [0.717, 1.165) is 30.4 Å². The van der Waals surface area contributed by atoms with E-state index in [1.165, 1.54) is 0 Å². The fraction of sp³-hybridized carbons (Fsp3) is 0.429. The first-order valence-corrected chi connectivity index (χ1v) is 14.9. The Bertz CT molecular complexity index is 1220. The molecule has 0 N–H and O–H groups in total. The van der Waals surface area contributed by atoms with Gasteiger partial charge in [0, 0.05) is 25.6 Å². The summed E-state index contributed by atoms with van der Waals surface area (Å²) in [4.78, 5) is 27.5. The van der Waals surface area contributed by atoms with Crippen molar-refractivity contribution in [3.8, 4) is 0 Å². The summed E-state index contributed by atoms with van der Waals surface area (Å²) in [6.07, 6.45) is 1.000. The van der Waals surface area contributed by atoms with E-state index >= 15 is 0 Å². The topological polar surface area (TPSA) is 74.3 Å². The van der Waals surface area contributed by atoms with Gasteiger partial charge in [-0.2, -0.15) is 0 Å². The number of esters is 1. The summed E-state index contributed by atoms with van der Waals surface area (Å²) in [5.74, 6) is -0.0698. The lowest BCUT2D eigenvalue weighted by Gasteiger charge is -2.42. The molecular formula is C35H43NO6. The second-order valence-corrected chi connectivity index (χ2v) is 11.0. The first-order chi connectivity index (χ1) is 20.4. The minimum atomic E-state index is -0.624. The highest BCUT2D eigenvalue weighted by molar-refractivity contribution is 5.89. The summed E-state index contributed by atoms with van der Waals surface area (Å²) in [6.45, 7) is 8.00. The van der Waals surface area contributed by atoms with Gasteiger partial charge >= 0.3 is 12.1 Å². The van der Waals surface area contributed by atoms with Gasteiger partial charge in [-0.05, 0) is 55.4 Å². The predicted octanol–water partition coefficient (Wildman–Crippen LogP) is 7.25. The third-order valence-electron chi connectivity index (χ3n) is 7.99. The molecule has 7 nitrogen and oxygen atoms in total. The molecule has 3 aromatic rings. The average Bonchev–Trinajstić information content (AvgIpc) is 3.02. The lowest BCUT2D eigenvalue weighted by Crippen LogP contribution is -2.51. The number of hydrogen-bond donors (Lipinski definition) is 0. The Balaban J connectivity index is 1.26. The zero-order valence-electron chi connectivity index (χ0n) is 24.9. The molecule has 1 amide bonds. The molecule has 0 aliphatic carbocycles. The Morgan fingerprint density at radius 3 is 2.05 bits per heavy atom. The van der Waals surface area contributed by atoms with Gasteiger partial charge in [0.2, 0.25) is 0 Å². The van der Waals surface area contributed by atoms with Gasteiger partial charge in [-0.3, -0.25) is 0 Å². The van der Waals surface area contributed by atoms with Crippen molar-refractivity contribution in [3.63, 3.8) is 0 Å². The molecule has 0 radical (unpaired) electrons. The van der Waals surface area contributed by atoms with Gasteiger partial charge < -0.3 is 23.8 Å². The number of nitrogens with zero attached hydrogens (tertiary/aromatic N) is 1. The van der Waals surface area contributed by atoms with Crippen LogP contribution in [0.15, 0.2) is 91.0 Å². The van der Waals surface area contributed by atoms with Crippen LogP contribution in [0.25, 0.3) is 0 Å². The van der Waals surface area contributed by atoms with Gasteiger partial charge in [-0.1, -0.05) is 92.7 Å². The minimum absolute atomic E-state index is 0.00915. The minimum Gasteiger partial charge on any atom is -0.453 e. The van der Waals surface area contributed by atoms with E-state index in [0.29, 0.717) is 25.3 Å². The van der Waals surface area contributed by atoms with Crippen LogP contribution in [-0.2, 0) is 32.1 Å². The highest BCUT2D eigenvalue weighted by Crippen LogP contribution is 2.33. The van der Waals surface area contributed by atoms with Crippen LogP contribution in [0.3, 0.4) is 0 Å². The molecule has 7 heteroatoms. The van der Waals surface area contributed by atoms with Crippen molar-refractivity contribution >= 4 is 12.1 Å². The second-order valence-electron chi connectivity index (χ2n) is 11.0. The van der Waals surface area contributed by atoms with E-state index in [1.807, 2.05) is 85.8 Å². The standard InChI is InChI=1S/C35H43NO6/c1-26-27(2)32(42-33(37)31-20-12-6-13-21-31)34(41-28(26)3)39-23-15-7-14-22-36(24-29-16-8-4-9-17-29)35(38)40-25-30-18-10-5-11-19-30/h4-6,8-13,16-21,26-28,32,34H,7,14-15,22-25H2,1-3H3/t26-,27+,28?,32?,34-/m1/s1. The first-order valence-electron chi connectivity index (χ1n) is 14.9. The monoisotopic (exact) mass is 573 g/mol. The molecule has 0 aromatic heterocycles. The van der Waals surface area contributed by atoms with Gasteiger partial charge in [-0.25, -0.2) is 9.59 Å². The van der Waals surface area contributed by atoms with Crippen LogP contribution >= 0.6 is 0 Å². The van der Waals surface area contributed by atoms with E-state index in [4.69, 9.17) is 18.9 Å². The van der Waals surface area contributed by atoms with Crippen LogP contribution in [0, 0.1) is 11.8 Å². The number of ether oxygens (including phenoxy) is 4. The van der Waals surface area contributed by atoms with Crippen LogP contribution in [0.5, 0.6) is 0 Å². The number of hydrogen-bond acceptors (Lipinski definition) is 6. The zero-order valence-corrected chi connectivity index (χ0v) is 24.9. The fourth-order valence-electron chi connectivity index (χ4n) is 5.08. The summed E-state index contributed by atoms with van der Waals surface area (Å²) in [5, 5.41) is 0. The van der Waals surface area contributed by atoms with Crippen molar-refractivity contribution in [2.45, 2.75) is 71.7 Å². The lowest BCUT2D eigenvalue weighted by molar-refractivity contribution is -0.265. The molecule has 1 aliphatic rings. The van der Waals surface area contributed by atoms with E-state index in [-0.39, 0.29) is 36.6 Å². The number of carbonyl (C=O) groups excluding carboxylic acids is 2. The van der Waals surface area contributed by atoms with Gasteiger partial charge in [0.25, 0.3) is 0 Å². The van der Waals surface area contributed by atoms with Gasteiger partial charge in [0.15, 0.2) is 12.4 Å². The number of rotatable bonds is 13. The van der Waals surface area contributed by atoms with Crippen molar-refractivity contribution in [2.24, 2.45) is 11.8 Å². The molecule has 3 aromatic carbocycles. The Labute approximate surface area is 249 Å². The molecule has 5 atom stereocenters. The second kappa shape index (κ2) is 16.1. The molecular weight excluding hydrogens is 530 g/mol. The zero-order chi connectivity index (χ0) is 29.7. The van der Waals surface area contributed by atoms with Gasteiger partial charge in [-0.15, -0.1) is 0 Å². The maximum absolute atomic E-state index is 13.0. The maximum Gasteiger partial charge on any atom is 0.410 e. The molecule has 0 spiro atoms. The highest BCUT2D eigenvalue weighted by atomic mass is 16.7. The Kier molecular flexibility index (Phi) is 12.0. The fourth-order valence-corrected chi connectivity index (χ4v) is 5.08. The summed E-state index contributed by atoms with van der Waals surface area (Å²) >= 11 is 0. The molecule has 1 aliphatic heterocycles.